The molecular weight excluding hydrogens is 470 g/mol. The van der Waals surface area contributed by atoms with Crippen molar-refractivity contribution in [2.24, 2.45) is 17.3 Å². The van der Waals surface area contributed by atoms with Crippen molar-refractivity contribution in [3.05, 3.63) is 52.6 Å². The summed E-state index contributed by atoms with van der Waals surface area (Å²) in [6.45, 7) is 2.33. The Hall–Kier alpha value is -3.22. The molecule has 5 rings (SSSR count). The number of hydrogen-bond acceptors (Lipinski definition) is 7. The molecule has 1 aromatic rings. The van der Waals surface area contributed by atoms with E-state index in [1.165, 1.54) is 22.3 Å². The topological polar surface area (TPSA) is 90.0 Å². The third-order valence-electron chi connectivity index (χ3n) is 9.65. The number of fused-ring (bicyclic) bond motifs is 4. The summed E-state index contributed by atoms with van der Waals surface area (Å²) in [5, 5.41) is 0. The van der Waals surface area contributed by atoms with Gasteiger partial charge in [0.15, 0.2) is 18.0 Å². The highest BCUT2D eigenvalue weighted by molar-refractivity contribution is 5.93. The molecule has 1 aromatic carbocycles. The number of Topliss-reactive ketones (excluding diaryl/α,β-unsaturated/α-hetero) is 1. The standard InChI is InChI=1S/C30H35NO6/c1-29-15-25(19-4-7-21(8-5-19)31(2)3)28-23-11-9-22(34)14-20(23)6-10-24(28)26(29)12-13-30(29,37-18-33)27(35)16-36-17-32/h4-5,7-8,14,17-18,24-26H,6,9-13,15-16H2,1-3H3/t24?,25-,26?,29+,30+/m1/s1. The summed E-state index contributed by atoms with van der Waals surface area (Å²) < 4.78 is 10.6. The second kappa shape index (κ2) is 9.58. The van der Waals surface area contributed by atoms with E-state index in [2.05, 4.69) is 36.1 Å². The molecule has 0 amide bonds. The number of benzene rings is 1. The molecule has 4 aliphatic rings. The van der Waals surface area contributed by atoms with Crippen molar-refractivity contribution in [3.63, 3.8) is 0 Å². The Kier molecular flexibility index (Phi) is 6.59. The van der Waals surface area contributed by atoms with Gasteiger partial charge in [-0.2, -0.15) is 0 Å². The zero-order valence-electron chi connectivity index (χ0n) is 21.8. The molecule has 0 aliphatic heterocycles. The van der Waals surface area contributed by atoms with Crippen molar-refractivity contribution in [1.82, 2.24) is 0 Å². The van der Waals surface area contributed by atoms with Gasteiger partial charge in [0.05, 0.1) is 0 Å². The van der Waals surface area contributed by atoms with Crippen LogP contribution in [0.4, 0.5) is 5.69 Å². The summed E-state index contributed by atoms with van der Waals surface area (Å²) in [6, 6.07) is 8.55. The Morgan fingerprint density at radius 1 is 1.08 bits per heavy atom. The predicted molar refractivity (Wildman–Crippen MR) is 138 cm³/mol. The molecule has 4 aliphatic carbocycles. The van der Waals surface area contributed by atoms with Crippen molar-refractivity contribution < 1.29 is 28.7 Å². The number of ether oxygens (including phenoxy) is 2. The van der Waals surface area contributed by atoms with Crippen molar-refractivity contribution >= 4 is 30.2 Å². The van der Waals surface area contributed by atoms with E-state index in [4.69, 9.17) is 9.47 Å². The summed E-state index contributed by atoms with van der Waals surface area (Å²) >= 11 is 0. The highest BCUT2D eigenvalue weighted by atomic mass is 16.6. The molecule has 0 saturated heterocycles. The highest BCUT2D eigenvalue weighted by Crippen LogP contribution is 2.67. The zero-order valence-corrected chi connectivity index (χ0v) is 21.8. The number of allylic oxidation sites excluding steroid dienone is 4. The summed E-state index contributed by atoms with van der Waals surface area (Å²) in [5.41, 5.74) is 4.21. The quantitative estimate of drug-likeness (QED) is 0.487. The van der Waals surface area contributed by atoms with Crippen LogP contribution in [0.3, 0.4) is 0 Å². The molecule has 2 fully saturated rings. The van der Waals surface area contributed by atoms with E-state index >= 15 is 0 Å². The van der Waals surface area contributed by atoms with Gasteiger partial charge < -0.3 is 14.4 Å². The van der Waals surface area contributed by atoms with Gasteiger partial charge in [0.1, 0.15) is 0 Å². The summed E-state index contributed by atoms with van der Waals surface area (Å²) in [5.74, 6) is 0.252. The second-order valence-corrected chi connectivity index (χ2v) is 11.4. The first-order valence-corrected chi connectivity index (χ1v) is 13.2. The van der Waals surface area contributed by atoms with E-state index in [9.17, 15) is 19.2 Å². The average Bonchev–Trinajstić information content (AvgIpc) is 3.19. The van der Waals surface area contributed by atoms with E-state index in [1.54, 1.807) is 0 Å². The molecule has 2 unspecified atom stereocenters. The van der Waals surface area contributed by atoms with Crippen molar-refractivity contribution in [1.29, 1.82) is 0 Å². The fraction of sp³-hybridized carbons (Fsp3) is 0.533. The molecule has 0 aromatic heterocycles. The molecule has 196 valence electrons. The van der Waals surface area contributed by atoms with E-state index < -0.39 is 17.6 Å². The molecule has 5 atom stereocenters. The second-order valence-electron chi connectivity index (χ2n) is 11.4. The molecule has 0 heterocycles. The predicted octanol–water partition coefficient (Wildman–Crippen LogP) is 4.31. The minimum Gasteiger partial charge on any atom is -0.460 e. The zero-order chi connectivity index (χ0) is 26.4. The van der Waals surface area contributed by atoms with Crippen LogP contribution in [0.15, 0.2) is 47.1 Å². The number of nitrogens with zero attached hydrogens (tertiary/aromatic N) is 1. The molecular formula is C30H35NO6. The average molecular weight is 506 g/mol. The van der Waals surface area contributed by atoms with E-state index in [0.717, 1.165) is 31.4 Å². The van der Waals surface area contributed by atoms with E-state index in [-0.39, 0.29) is 35.8 Å². The summed E-state index contributed by atoms with van der Waals surface area (Å²) in [7, 11) is 4.02. The number of carbonyl (C=O) groups is 4. The third-order valence-corrected chi connectivity index (χ3v) is 9.65. The van der Waals surface area contributed by atoms with Crippen LogP contribution in [0.25, 0.3) is 0 Å². The fourth-order valence-electron chi connectivity index (χ4n) is 7.98. The Bertz CT molecular complexity index is 1180. The lowest BCUT2D eigenvalue weighted by Crippen LogP contribution is -2.58. The van der Waals surface area contributed by atoms with Gasteiger partial charge in [0, 0.05) is 37.5 Å². The van der Waals surface area contributed by atoms with Crippen LogP contribution in [-0.4, -0.2) is 50.8 Å². The van der Waals surface area contributed by atoms with Gasteiger partial charge in [-0.15, -0.1) is 0 Å². The maximum Gasteiger partial charge on any atom is 0.294 e. The van der Waals surface area contributed by atoms with Crippen LogP contribution in [0, 0.1) is 17.3 Å². The Labute approximate surface area is 217 Å². The highest BCUT2D eigenvalue weighted by Gasteiger charge is 2.67. The van der Waals surface area contributed by atoms with Gasteiger partial charge in [-0.25, -0.2) is 0 Å². The lowest BCUT2D eigenvalue weighted by Gasteiger charge is -2.54. The number of anilines is 1. The molecule has 0 spiro atoms. The monoisotopic (exact) mass is 505 g/mol. The minimum absolute atomic E-state index is 0.0295. The number of carbonyl (C=O) groups excluding carboxylic acids is 4. The molecule has 37 heavy (non-hydrogen) atoms. The van der Waals surface area contributed by atoms with Crippen molar-refractivity contribution in [2.75, 3.05) is 25.6 Å². The van der Waals surface area contributed by atoms with E-state index in [0.29, 0.717) is 25.7 Å². The third kappa shape index (κ3) is 3.94. The smallest absolute Gasteiger partial charge is 0.294 e. The number of hydrogen-bond donors (Lipinski definition) is 0. The fourth-order valence-corrected chi connectivity index (χ4v) is 7.98. The molecule has 0 radical (unpaired) electrons. The maximum absolute atomic E-state index is 13.5. The van der Waals surface area contributed by atoms with Crippen LogP contribution in [0.2, 0.25) is 0 Å². The molecule has 2 saturated carbocycles. The van der Waals surface area contributed by atoms with Crippen LogP contribution >= 0.6 is 0 Å². The summed E-state index contributed by atoms with van der Waals surface area (Å²) in [4.78, 5) is 50.5. The first-order valence-electron chi connectivity index (χ1n) is 13.2. The minimum atomic E-state index is -1.33. The normalized spacial score (nSPS) is 32.5. The lowest BCUT2D eigenvalue weighted by molar-refractivity contribution is -0.177. The van der Waals surface area contributed by atoms with Gasteiger partial charge in [0.2, 0.25) is 5.78 Å². The SMILES string of the molecule is CN(C)c1ccc([C@H]2C[C@@]3(C)C(CC[C@]3(OC=O)C(=O)COC=O)C3CCC4=CC(=O)CCC4=C32)cc1. The van der Waals surface area contributed by atoms with Crippen LogP contribution < -0.4 is 4.90 Å². The molecule has 0 bridgehead atoms. The van der Waals surface area contributed by atoms with Crippen LogP contribution in [-0.2, 0) is 28.7 Å². The summed E-state index contributed by atoms with van der Waals surface area (Å²) in [6.07, 6.45) is 6.69. The Morgan fingerprint density at radius 2 is 1.84 bits per heavy atom. The Balaban J connectivity index is 1.66. The first-order chi connectivity index (χ1) is 17.8. The lowest BCUT2D eigenvalue weighted by atomic mass is 9.50. The van der Waals surface area contributed by atoms with Gasteiger partial charge in [-0.05, 0) is 85.3 Å². The molecule has 0 N–H and O–H groups in total. The van der Waals surface area contributed by atoms with Gasteiger partial charge in [-0.1, -0.05) is 24.6 Å². The van der Waals surface area contributed by atoms with Gasteiger partial charge in [-0.3, -0.25) is 19.2 Å². The first kappa shape index (κ1) is 25.4. The largest absolute Gasteiger partial charge is 0.460 e. The van der Waals surface area contributed by atoms with Crippen LogP contribution in [0.1, 0.15) is 63.4 Å². The molecule has 7 nitrogen and oxygen atoms in total. The molecule has 7 heteroatoms. The van der Waals surface area contributed by atoms with Gasteiger partial charge >= 0.3 is 0 Å². The number of rotatable bonds is 8. The van der Waals surface area contributed by atoms with Crippen LogP contribution in [0.5, 0.6) is 0 Å². The van der Waals surface area contributed by atoms with E-state index in [1.807, 2.05) is 20.2 Å². The number of ketones is 2. The van der Waals surface area contributed by atoms with Crippen molar-refractivity contribution in [2.45, 2.75) is 63.4 Å². The Morgan fingerprint density at radius 3 is 2.51 bits per heavy atom. The van der Waals surface area contributed by atoms with Crippen molar-refractivity contribution in [3.8, 4) is 0 Å². The van der Waals surface area contributed by atoms with Gasteiger partial charge in [0.25, 0.3) is 12.9 Å². The maximum atomic E-state index is 13.5.